The van der Waals surface area contributed by atoms with Crippen LogP contribution in [0.4, 0.5) is 10.1 Å². The summed E-state index contributed by atoms with van der Waals surface area (Å²) in [5, 5.41) is 0. The molecule has 2 aliphatic carbocycles. The Morgan fingerprint density at radius 1 is 1.32 bits per heavy atom. The summed E-state index contributed by atoms with van der Waals surface area (Å²) in [6.45, 7) is 4.90. The van der Waals surface area contributed by atoms with Gasteiger partial charge in [-0.25, -0.2) is 4.39 Å². The van der Waals surface area contributed by atoms with Crippen molar-refractivity contribution in [3.63, 3.8) is 0 Å². The summed E-state index contributed by atoms with van der Waals surface area (Å²) in [7, 11) is 0. The molecule has 3 heteroatoms. The molecule has 104 valence electrons. The van der Waals surface area contributed by atoms with Gasteiger partial charge in [-0.3, -0.25) is 0 Å². The molecule has 0 saturated heterocycles. The smallest absolute Gasteiger partial charge is 0.126 e. The van der Waals surface area contributed by atoms with Crippen LogP contribution in [0.25, 0.3) is 0 Å². The summed E-state index contributed by atoms with van der Waals surface area (Å²) in [6.07, 6.45) is 5.22. The SMILES string of the molecule is Cc1cc(N(CC2CC2)C2CC2)c(C(C)N)cc1F. The molecule has 2 aliphatic rings. The third-order valence-electron chi connectivity index (χ3n) is 4.25. The molecule has 0 bridgehead atoms. The van der Waals surface area contributed by atoms with Crippen LogP contribution in [0, 0.1) is 18.7 Å². The Kier molecular flexibility index (Phi) is 3.25. The third-order valence-corrected chi connectivity index (χ3v) is 4.25. The van der Waals surface area contributed by atoms with E-state index >= 15 is 0 Å². The Bertz CT molecular complexity index is 476. The van der Waals surface area contributed by atoms with Gasteiger partial charge in [-0.1, -0.05) is 0 Å². The molecule has 1 unspecified atom stereocenters. The molecule has 0 heterocycles. The van der Waals surface area contributed by atoms with Crippen LogP contribution in [0.2, 0.25) is 0 Å². The molecular weight excluding hydrogens is 239 g/mol. The lowest BCUT2D eigenvalue weighted by Crippen LogP contribution is -2.30. The highest BCUT2D eigenvalue weighted by Crippen LogP contribution is 2.40. The number of nitrogens with two attached hydrogens (primary N) is 1. The average Bonchev–Trinajstić information content (AvgIpc) is 3.23. The molecule has 0 radical (unpaired) electrons. The lowest BCUT2D eigenvalue weighted by Gasteiger charge is -2.29. The van der Waals surface area contributed by atoms with Crippen molar-refractivity contribution in [1.82, 2.24) is 0 Å². The van der Waals surface area contributed by atoms with Gasteiger partial charge in [0.05, 0.1) is 0 Å². The fourth-order valence-corrected chi connectivity index (χ4v) is 2.70. The zero-order chi connectivity index (χ0) is 13.6. The van der Waals surface area contributed by atoms with Gasteiger partial charge in [0.15, 0.2) is 0 Å². The summed E-state index contributed by atoms with van der Waals surface area (Å²) in [5.41, 5.74) is 8.89. The Morgan fingerprint density at radius 2 is 2.00 bits per heavy atom. The Hall–Kier alpha value is -1.09. The summed E-state index contributed by atoms with van der Waals surface area (Å²) >= 11 is 0. The molecule has 0 aromatic heterocycles. The van der Waals surface area contributed by atoms with E-state index in [0.29, 0.717) is 6.04 Å². The highest BCUT2D eigenvalue weighted by Gasteiger charge is 2.35. The number of rotatable bonds is 5. The fraction of sp³-hybridized carbons (Fsp3) is 0.625. The van der Waals surface area contributed by atoms with E-state index in [2.05, 4.69) is 4.90 Å². The first kappa shape index (κ1) is 12.9. The van der Waals surface area contributed by atoms with Crippen LogP contribution in [-0.4, -0.2) is 12.6 Å². The Morgan fingerprint density at radius 3 is 2.53 bits per heavy atom. The largest absolute Gasteiger partial charge is 0.368 e. The third kappa shape index (κ3) is 2.76. The summed E-state index contributed by atoms with van der Waals surface area (Å²) in [4.78, 5) is 2.49. The summed E-state index contributed by atoms with van der Waals surface area (Å²) in [6, 6.07) is 4.17. The summed E-state index contributed by atoms with van der Waals surface area (Å²) < 4.78 is 13.8. The minimum Gasteiger partial charge on any atom is -0.368 e. The standard InChI is InChI=1S/C16H23FN2/c1-10-7-16(14(11(2)18)8-15(10)17)19(13-5-6-13)9-12-3-4-12/h7-8,11-13H,3-6,9,18H2,1-2H3. The molecule has 0 amide bonds. The molecule has 19 heavy (non-hydrogen) atoms. The zero-order valence-corrected chi connectivity index (χ0v) is 11.8. The molecule has 1 atom stereocenters. The van der Waals surface area contributed by atoms with Gasteiger partial charge in [0.2, 0.25) is 0 Å². The van der Waals surface area contributed by atoms with E-state index in [0.717, 1.165) is 23.6 Å². The van der Waals surface area contributed by atoms with Crippen molar-refractivity contribution >= 4 is 5.69 Å². The van der Waals surface area contributed by atoms with Crippen LogP contribution < -0.4 is 10.6 Å². The molecule has 2 fully saturated rings. The average molecular weight is 262 g/mol. The van der Waals surface area contributed by atoms with Gasteiger partial charge in [-0.15, -0.1) is 0 Å². The monoisotopic (exact) mass is 262 g/mol. The number of hydrogen-bond acceptors (Lipinski definition) is 2. The predicted octanol–water partition coefficient (Wildman–Crippen LogP) is 3.53. The van der Waals surface area contributed by atoms with Crippen LogP contribution in [0.3, 0.4) is 0 Å². The zero-order valence-electron chi connectivity index (χ0n) is 11.8. The lowest BCUT2D eigenvalue weighted by atomic mass is 10.0. The molecule has 0 aliphatic heterocycles. The second kappa shape index (κ2) is 4.78. The first-order valence-corrected chi connectivity index (χ1v) is 7.38. The summed E-state index contributed by atoms with van der Waals surface area (Å²) in [5.74, 6) is 0.699. The first-order chi connectivity index (χ1) is 9.06. The highest BCUT2D eigenvalue weighted by molar-refractivity contribution is 5.58. The topological polar surface area (TPSA) is 29.3 Å². The quantitative estimate of drug-likeness (QED) is 0.879. The number of halogens is 1. The van der Waals surface area contributed by atoms with Crippen molar-refractivity contribution in [1.29, 1.82) is 0 Å². The second-order valence-electron chi connectivity index (χ2n) is 6.28. The molecule has 1 aromatic rings. The fourth-order valence-electron chi connectivity index (χ4n) is 2.70. The van der Waals surface area contributed by atoms with Gasteiger partial charge in [-0.05, 0) is 68.7 Å². The van der Waals surface area contributed by atoms with E-state index < -0.39 is 0 Å². The van der Waals surface area contributed by atoms with Crippen LogP contribution >= 0.6 is 0 Å². The van der Waals surface area contributed by atoms with Gasteiger partial charge in [0.25, 0.3) is 0 Å². The maximum absolute atomic E-state index is 13.8. The molecule has 2 nitrogen and oxygen atoms in total. The minimum absolute atomic E-state index is 0.120. The van der Waals surface area contributed by atoms with Crippen molar-refractivity contribution in [3.05, 3.63) is 29.1 Å². The van der Waals surface area contributed by atoms with Crippen molar-refractivity contribution in [2.24, 2.45) is 11.7 Å². The second-order valence-corrected chi connectivity index (χ2v) is 6.28. The lowest BCUT2D eigenvalue weighted by molar-refractivity contribution is 0.611. The molecular formula is C16H23FN2. The number of nitrogens with zero attached hydrogens (tertiary/aromatic N) is 1. The molecule has 0 spiro atoms. The Balaban J connectivity index is 1.97. The van der Waals surface area contributed by atoms with Crippen LogP contribution in [-0.2, 0) is 0 Å². The maximum atomic E-state index is 13.8. The van der Waals surface area contributed by atoms with Gasteiger partial charge in [0.1, 0.15) is 5.82 Å². The van der Waals surface area contributed by atoms with Gasteiger partial charge in [0, 0.05) is 24.3 Å². The molecule has 1 aromatic carbocycles. The van der Waals surface area contributed by atoms with Gasteiger partial charge >= 0.3 is 0 Å². The van der Waals surface area contributed by atoms with Crippen LogP contribution in [0.1, 0.15) is 49.8 Å². The number of hydrogen-bond donors (Lipinski definition) is 1. The minimum atomic E-state index is -0.141. The van der Waals surface area contributed by atoms with Crippen molar-refractivity contribution in [2.45, 2.75) is 51.6 Å². The van der Waals surface area contributed by atoms with Crippen molar-refractivity contribution in [3.8, 4) is 0 Å². The predicted molar refractivity (Wildman–Crippen MR) is 76.8 cm³/mol. The molecule has 3 rings (SSSR count). The maximum Gasteiger partial charge on any atom is 0.126 e. The van der Waals surface area contributed by atoms with Crippen LogP contribution in [0.15, 0.2) is 12.1 Å². The van der Waals surface area contributed by atoms with E-state index in [4.69, 9.17) is 5.73 Å². The number of aryl methyl sites for hydroxylation is 1. The molecule has 2 N–H and O–H groups in total. The van der Waals surface area contributed by atoms with Crippen LogP contribution in [0.5, 0.6) is 0 Å². The Labute approximate surface area is 114 Å². The first-order valence-electron chi connectivity index (χ1n) is 7.38. The number of anilines is 1. The molecule has 2 saturated carbocycles. The van der Waals surface area contributed by atoms with Crippen molar-refractivity contribution < 1.29 is 4.39 Å². The van der Waals surface area contributed by atoms with Crippen molar-refractivity contribution in [2.75, 3.05) is 11.4 Å². The van der Waals surface area contributed by atoms with Gasteiger partial charge in [-0.2, -0.15) is 0 Å². The van der Waals surface area contributed by atoms with E-state index in [9.17, 15) is 4.39 Å². The van der Waals surface area contributed by atoms with E-state index in [1.54, 1.807) is 6.07 Å². The normalized spacial score (nSPS) is 20.4. The van der Waals surface area contributed by atoms with E-state index in [1.165, 1.54) is 31.4 Å². The van der Waals surface area contributed by atoms with Gasteiger partial charge < -0.3 is 10.6 Å². The highest BCUT2D eigenvalue weighted by atomic mass is 19.1. The van der Waals surface area contributed by atoms with E-state index in [1.807, 2.05) is 19.9 Å². The number of benzene rings is 1. The van der Waals surface area contributed by atoms with E-state index in [-0.39, 0.29) is 11.9 Å².